The number of hydrogen-bond donors (Lipinski definition) is 16. The van der Waals surface area contributed by atoms with Crippen molar-refractivity contribution < 1.29 is 138 Å². The van der Waals surface area contributed by atoms with Gasteiger partial charge in [0.15, 0.2) is 23.5 Å². The van der Waals surface area contributed by atoms with E-state index in [2.05, 4.69) is 0 Å². The molecule has 0 unspecified atom stereocenters. The summed E-state index contributed by atoms with van der Waals surface area (Å²) in [6, 6.07) is 11.1. The lowest BCUT2D eigenvalue weighted by atomic mass is 9.97. The van der Waals surface area contributed by atoms with Crippen LogP contribution in [0, 0.1) is 0 Å². The zero-order chi connectivity index (χ0) is 56.4. The molecule has 29 heteroatoms. The Kier molecular flexibility index (Phi) is 18.4. The van der Waals surface area contributed by atoms with E-state index in [1.54, 1.807) is 0 Å². The second-order valence-corrected chi connectivity index (χ2v) is 18.4. The van der Waals surface area contributed by atoms with E-state index >= 15 is 0 Å². The van der Waals surface area contributed by atoms with E-state index in [-0.39, 0.29) is 22.8 Å². The summed E-state index contributed by atoms with van der Waals surface area (Å²) in [6.07, 6.45) is -33.8. The third kappa shape index (κ3) is 12.0. The van der Waals surface area contributed by atoms with Crippen molar-refractivity contribution in [3.63, 3.8) is 0 Å². The van der Waals surface area contributed by atoms with Gasteiger partial charge in [-0.2, -0.15) is 0 Å². The van der Waals surface area contributed by atoms with Crippen LogP contribution in [0.4, 0.5) is 0 Å². The molecule has 0 spiro atoms. The standard InChI is InChI=1S/C49H58O29/c1-68-23-10-17(2-8-21(23)53)3-9-29(55)69-16-28-33(58)37(62)41(66)49(76-28)78-45-34(59)30-22(54)11-20(71-47-42(67)38(63)44(27(15-52)75-47)77-48-40(65)36(61)32(57)26(14-51)74-48)12-24(30)72-43(45)18-4-6-19(7-5-18)70-46-39(64)35(60)31(56)25(13-50)73-46/h2-12,25-28,31-33,35-42,44,46-54,56-58,60-67H,13-16H2,1H3/b9-3+/t25-,26-,27-,28-,31-,32-,33-,35+,36+,37+,38-,39-,40-,41-,42-,44-,46-,47-,48+,49+/m1/s1. The van der Waals surface area contributed by atoms with Crippen LogP contribution >= 0.6 is 0 Å². The third-order valence-electron chi connectivity index (χ3n) is 13.2. The summed E-state index contributed by atoms with van der Waals surface area (Å²) in [4.78, 5) is 27.3. The summed E-state index contributed by atoms with van der Waals surface area (Å²) in [5, 5.41) is 167. The lowest BCUT2D eigenvalue weighted by Crippen LogP contribution is -2.65. The summed E-state index contributed by atoms with van der Waals surface area (Å²) in [5.41, 5.74) is -1.28. The first-order valence-electron chi connectivity index (χ1n) is 23.9. The van der Waals surface area contributed by atoms with Gasteiger partial charge in [-0.1, -0.05) is 6.07 Å². The Labute approximate surface area is 439 Å². The average molecular weight is 1110 g/mol. The van der Waals surface area contributed by atoms with E-state index in [0.29, 0.717) is 5.56 Å². The van der Waals surface area contributed by atoms with Crippen molar-refractivity contribution in [2.45, 2.75) is 123 Å². The molecule has 0 bridgehead atoms. The summed E-state index contributed by atoms with van der Waals surface area (Å²) < 4.78 is 61.7. The van der Waals surface area contributed by atoms with Crippen LogP contribution in [-0.4, -0.2) is 244 Å². The van der Waals surface area contributed by atoms with E-state index in [9.17, 15) is 91.3 Å². The average Bonchev–Trinajstić information content (AvgIpc) is 3.47. The smallest absolute Gasteiger partial charge is 0.330 e. The van der Waals surface area contributed by atoms with Gasteiger partial charge in [-0.3, -0.25) is 4.79 Å². The van der Waals surface area contributed by atoms with Crippen molar-refractivity contribution in [3.05, 3.63) is 76.5 Å². The third-order valence-corrected chi connectivity index (χ3v) is 13.2. The molecule has 16 N–H and O–H groups in total. The number of hydrogen-bond acceptors (Lipinski definition) is 29. The quantitative estimate of drug-likeness (QED) is 0.0346. The molecule has 4 aromatic rings. The summed E-state index contributed by atoms with van der Waals surface area (Å²) in [7, 11) is 1.32. The van der Waals surface area contributed by atoms with Crippen molar-refractivity contribution in [1.29, 1.82) is 0 Å². The van der Waals surface area contributed by atoms with Crippen molar-refractivity contribution >= 4 is 23.0 Å². The number of phenols is 2. The molecule has 0 saturated carbocycles. The Morgan fingerprint density at radius 3 is 1.69 bits per heavy atom. The van der Waals surface area contributed by atoms with Gasteiger partial charge in [0.05, 0.1) is 26.9 Å². The van der Waals surface area contributed by atoms with E-state index < -0.39 is 195 Å². The zero-order valence-corrected chi connectivity index (χ0v) is 40.7. The number of carbonyl (C=O) groups excluding carboxylic acids is 1. The molecule has 1 aromatic heterocycles. The minimum Gasteiger partial charge on any atom is -0.507 e. The molecule has 4 fully saturated rings. The number of phenolic OH excluding ortho intramolecular Hbond substituents is 2. The summed E-state index contributed by atoms with van der Waals surface area (Å²) in [5.74, 6) is -3.67. The topological polar surface area (TPSA) is 463 Å². The highest BCUT2D eigenvalue weighted by atomic mass is 16.7. The molecule has 4 aliphatic heterocycles. The van der Waals surface area contributed by atoms with Gasteiger partial charge in [0.25, 0.3) is 0 Å². The van der Waals surface area contributed by atoms with Gasteiger partial charge < -0.3 is 133 Å². The number of benzene rings is 3. The van der Waals surface area contributed by atoms with E-state index in [0.717, 1.165) is 18.2 Å². The predicted octanol–water partition coefficient (Wildman–Crippen LogP) is -5.50. The monoisotopic (exact) mass is 1110 g/mol. The Morgan fingerprint density at radius 1 is 0.564 bits per heavy atom. The highest BCUT2D eigenvalue weighted by molar-refractivity contribution is 5.88. The summed E-state index contributed by atoms with van der Waals surface area (Å²) in [6.45, 7) is -3.27. The molecule has 0 radical (unpaired) electrons. The molecular formula is C49H58O29. The van der Waals surface area contributed by atoms with Crippen LogP contribution in [0.1, 0.15) is 5.56 Å². The molecule has 20 atom stereocenters. The number of aromatic hydroxyl groups is 2. The van der Waals surface area contributed by atoms with Gasteiger partial charge in [-0.05, 0) is 48.0 Å². The molecule has 428 valence electrons. The number of aliphatic hydroxyl groups is 14. The normalized spacial score (nSPS) is 35.3. The molecule has 4 aliphatic rings. The second-order valence-electron chi connectivity index (χ2n) is 18.4. The van der Waals surface area contributed by atoms with E-state index in [1.807, 2.05) is 0 Å². The molecule has 0 amide bonds. The van der Waals surface area contributed by atoms with Crippen LogP contribution < -0.4 is 24.4 Å². The molecule has 4 saturated heterocycles. The van der Waals surface area contributed by atoms with Crippen molar-refractivity contribution in [3.8, 4) is 45.8 Å². The Bertz CT molecular complexity index is 2770. The lowest BCUT2D eigenvalue weighted by Gasteiger charge is -2.45. The molecule has 29 nitrogen and oxygen atoms in total. The maximum absolute atomic E-state index is 14.6. The van der Waals surface area contributed by atoms with Crippen molar-refractivity contribution in [2.75, 3.05) is 33.5 Å². The van der Waals surface area contributed by atoms with Crippen molar-refractivity contribution in [2.24, 2.45) is 0 Å². The number of rotatable bonds is 17. The maximum Gasteiger partial charge on any atom is 0.330 e. The van der Waals surface area contributed by atoms with Crippen LogP contribution in [0.15, 0.2) is 69.9 Å². The number of methoxy groups -OCH3 is 1. The van der Waals surface area contributed by atoms with Crippen LogP contribution in [0.5, 0.6) is 34.5 Å². The van der Waals surface area contributed by atoms with Crippen LogP contribution in [-0.2, 0) is 33.2 Å². The fourth-order valence-corrected chi connectivity index (χ4v) is 8.84. The van der Waals surface area contributed by atoms with Crippen LogP contribution in [0.3, 0.4) is 0 Å². The number of ether oxygens (including phenoxy) is 10. The highest BCUT2D eigenvalue weighted by Gasteiger charge is 2.52. The fraction of sp³-hybridized carbons (Fsp3) is 0.510. The Balaban J connectivity index is 1.08. The van der Waals surface area contributed by atoms with Crippen LogP contribution in [0.2, 0.25) is 0 Å². The van der Waals surface area contributed by atoms with Crippen LogP contribution in [0.25, 0.3) is 28.4 Å². The minimum atomic E-state index is -2.12. The van der Waals surface area contributed by atoms with Gasteiger partial charge in [-0.25, -0.2) is 4.79 Å². The molecule has 78 heavy (non-hydrogen) atoms. The zero-order valence-electron chi connectivity index (χ0n) is 40.7. The Morgan fingerprint density at radius 2 is 1.09 bits per heavy atom. The first-order valence-corrected chi connectivity index (χ1v) is 23.9. The number of esters is 1. The second kappa shape index (κ2) is 24.6. The molecule has 8 rings (SSSR count). The van der Waals surface area contributed by atoms with Gasteiger partial charge in [-0.15, -0.1) is 0 Å². The largest absolute Gasteiger partial charge is 0.507 e. The minimum absolute atomic E-state index is 0.0456. The Hall–Kier alpha value is -5.88. The molecule has 0 aliphatic carbocycles. The van der Waals surface area contributed by atoms with E-state index in [4.69, 9.17) is 51.8 Å². The lowest BCUT2D eigenvalue weighted by molar-refractivity contribution is -0.352. The molecular weight excluding hydrogens is 1050 g/mol. The van der Waals surface area contributed by atoms with Gasteiger partial charge in [0.1, 0.15) is 132 Å². The predicted molar refractivity (Wildman–Crippen MR) is 253 cm³/mol. The molecule has 5 heterocycles. The first kappa shape index (κ1) is 58.3. The summed E-state index contributed by atoms with van der Waals surface area (Å²) >= 11 is 0. The van der Waals surface area contributed by atoms with Gasteiger partial charge in [0.2, 0.25) is 30.0 Å². The SMILES string of the molecule is COc1cc(/C=C/C(=O)OC[C@H]2O[C@@H](Oc3c(-c4ccc(O[C@@H]5O[C@H](CO)[C@@H](O)[C@H](O)[C@H]5O)cc4)oc4cc(O[C@@H]5O[C@H](CO)[C@@H](O[C@@H]6O[C@H](CO)[C@@H](O)[C@H](O)[C@H]6O)[C@H](O)[C@H]5O)cc(O)c4c3=O)[C@H](O)[C@@H](O)[C@@H]2O)ccc1O. The number of fused-ring (bicyclic) bond motifs is 1. The van der Waals surface area contributed by atoms with E-state index in [1.165, 1.54) is 55.7 Å². The maximum atomic E-state index is 14.6. The van der Waals surface area contributed by atoms with Gasteiger partial charge in [0, 0.05) is 23.8 Å². The first-order chi connectivity index (χ1) is 37.2. The molecule has 3 aromatic carbocycles. The number of aliphatic hydroxyl groups excluding tert-OH is 14. The van der Waals surface area contributed by atoms with Gasteiger partial charge >= 0.3 is 5.97 Å². The fourth-order valence-electron chi connectivity index (χ4n) is 8.84. The highest BCUT2D eigenvalue weighted by Crippen LogP contribution is 2.40. The van der Waals surface area contributed by atoms with Crippen molar-refractivity contribution in [1.82, 2.24) is 0 Å². The number of carbonyl (C=O) groups is 1.